The summed E-state index contributed by atoms with van der Waals surface area (Å²) in [6, 6.07) is 1.47. The summed E-state index contributed by atoms with van der Waals surface area (Å²) in [6.45, 7) is 4.40. The van der Waals surface area contributed by atoms with E-state index in [0.717, 1.165) is 24.2 Å². The van der Waals surface area contributed by atoms with E-state index in [0.29, 0.717) is 24.6 Å². The van der Waals surface area contributed by atoms with Crippen molar-refractivity contribution in [2.45, 2.75) is 37.3 Å². The fourth-order valence-corrected chi connectivity index (χ4v) is 5.34. The van der Waals surface area contributed by atoms with Crippen LogP contribution in [-0.2, 0) is 10.0 Å². The lowest BCUT2D eigenvalue weighted by Gasteiger charge is -2.30. The Kier molecular flexibility index (Phi) is 4.51. The summed E-state index contributed by atoms with van der Waals surface area (Å²) in [7, 11) is -3.57. The summed E-state index contributed by atoms with van der Waals surface area (Å²) in [6.07, 6.45) is 3.33. The average molecular weight is 317 g/mol. The molecule has 1 aromatic heterocycles. The van der Waals surface area contributed by atoms with Gasteiger partial charge in [-0.2, -0.15) is 4.31 Å². The Hall–Kier alpha value is -0.920. The van der Waals surface area contributed by atoms with Gasteiger partial charge in [0.1, 0.15) is 9.09 Å². The van der Waals surface area contributed by atoms with E-state index in [1.807, 2.05) is 6.92 Å². The van der Waals surface area contributed by atoms with Crippen LogP contribution < -0.4 is 0 Å². The van der Waals surface area contributed by atoms with Crippen LogP contribution in [0.25, 0.3) is 0 Å². The molecule has 1 aliphatic rings. The van der Waals surface area contributed by atoms with E-state index in [9.17, 15) is 13.2 Å². The number of hydrogen-bond donors (Lipinski definition) is 1. The number of aromatic carboxylic acids is 1. The molecule has 0 aliphatic heterocycles. The Morgan fingerprint density at radius 2 is 2.15 bits per heavy atom. The van der Waals surface area contributed by atoms with Crippen LogP contribution in [0.4, 0.5) is 0 Å². The molecule has 1 saturated carbocycles. The number of rotatable bonds is 6. The van der Waals surface area contributed by atoms with E-state index < -0.39 is 16.0 Å². The van der Waals surface area contributed by atoms with Gasteiger partial charge in [0.2, 0.25) is 0 Å². The van der Waals surface area contributed by atoms with Crippen molar-refractivity contribution in [1.82, 2.24) is 4.31 Å². The molecule has 0 radical (unpaired) electrons. The average Bonchev–Trinajstić information content (AvgIpc) is 2.70. The molecule has 20 heavy (non-hydrogen) atoms. The number of hydrogen-bond acceptors (Lipinski definition) is 4. The molecule has 2 rings (SSSR count). The standard InChI is InChI=1S/C13H19NO4S2/c1-3-14(8-10-5-4-6-10)20(17,18)11-7-9(2)12(19-11)13(15)16/h7,10H,3-6,8H2,1-2H3,(H,15,16). The molecule has 0 unspecified atom stereocenters. The summed E-state index contributed by atoms with van der Waals surface area (Å²) < 4.78 is 26.7. The van der Waals surface area contributed by atoms with Crippen LogP contribution in [0, 0.1) is 12.8 Å². The highest BCUT2D eigenvalue weighted by molar-refractivity contribution is 7.91. The van der Waals surface area contributed by atoms with E-state index in [2.05, 4.69) is 0 Å². The molecule has 0 bridgehead atoms. The van der Waals surface area contributed by atoms with Gasteiger partial charge in [0.15, 0.2) is 0 Å². The van der Waals surface area contributed by atoms with Crippen molar-refractivity contribution in [3.63, 3.8) is 0 Å². The zero-order valence-electron chi connectivity index (χ0n) is 11.6. The van der Waals surface area contributed by atoms with E-state index >= 15 is 0 Å². The minimum absolute atomic E-state index is 0.100. The number of aryl methyl sites for hydroxylation is 1. The second-order valence-corrected chi connectivity index (χ2v) is 8.35. The van der Waals surface area contributed by atoms with Crippen LogP contribution in [0.5, 0.6) is 0 Å². The monoisotopic (exact) mass is 317 g/mol. The molecule has 1 aromatic rings. The van der Waals surface area contributed by atoms with Gasteiger partial charge in [0, 0.05) is 13.1 Å². The van der Waals surface area contributed by atoms with Crippen molar-refractivity contribution in [1.29, 1.82) is 0 Å². The van der Waals surface area contributed by atoms with Gasteiger partial charge >= 0.3 is 5.97 Å². The highest BCUT2D eigenvalue weighted by Crippen LogP contribution is 2.32. The van der Waals surface area contributed by atoms with Crippen molar-refractivity contribution in [2.24, 2.45) is 5.92 Å². The molecule has 0 aromatic carbocycles. The van der Waals surface area contributed by atoms with E-state index in [1.54, 1.807) is 6.92 Å². The van der Waals surface area contributed by atoms with Crippen molar-refractivity contribution in [2.75, 3.05) is 13.1 Å². The first kappa shape index (κ1) is 15.5. The molecular weight excluding hydrogens is 298 g/mol. The Morgan fingerprint density at radius 3 is 2.55 bits per heavy atom. The third kappa shape index (κ3) is 2.89. The molecule has 0 amide bonds. The second kappa shape index (κ2) is 5.83. The van der Waals surface area contributed by atoms with Gasteiger partial charge in [-0.3, -0.25) is 0 Å². The zero-order valence-corrected chi connectivity index (χ0v) is 13.3. The molecule has 0 spiro atoms. The highest BCUT2D eigenvalue weighted by Gasteiger charge is 2.30. The number of carbonyl (C=O) groups is 1. The van der Waals surface area contributed by atoms with Crippen LogP contribution in [0.3, 0.4) is 0 Å². The summed E-state index contributed by atoms with van der Waals surface area (Å²) in [4.78, 5) is 11.1. The lowest BCUT2D eigenvalue weighted by atomic mass is 9.85. The normalized spacial score (nSPS) is 16.4. The van der Waals surface area contributed by atoms with Crippen LogP contribution in [0.2, 0.25) is 0 Å². The third-order valence-corrected chi connectivity index (χ3v) is 7.34. The molecule has 1 heterocycles. The van der Waals surface area contributed by atoms with Crippen molar-refractivity contribution in [3.8, 4) is 0 Å². The van der Waals surface area contributed by atoms with E-state index in [4.69, 9.17) is 5.11 Å². The first-order valence-corrected chi connectivity index (χ1v) is 8.95. The SMILES string of the molecule is CCN(CC1CCC1)S(=O)(=O)c1cc(C)c(C(=O)O)s1. The molecule has 0 atom stereocenters. The maximum Gasteiger partial charge on any atom is 0.346 e. The van der Waals surface area contributed by atoms with Gasteiger partial charge in [0.25, 0.3) is 10.0 Å². The molecule has 112 valence electrons. The minimum atomic E-state index is -3.57. The largest absolute Gasteiger partial charge is 0.477 e. The first-order valence-electron chi connectivity index (χ1n) is 6.70. The number of thiophene rings is 1. The third-order valence-electron chi connectivity index (χ3n) is 3.72. The lowest BCUT2D eigenvalue weighted by Crippen LogP contribution is -2.36. The van der Waals surface area contributed by atoms with Gasteiger partial charge < -0.3 is 5.11 Å². The maximum atomic E-state index is 12.6. The topological polar surface area (TPSA) is 74.7 Å². The summed E-state index contributed by atoms with van der Waals surface area (Å²) in [5.74, 6) is -0.624. The summed E-state index contributed by atoms with van der Waals surface area (Å²) >= 11 is 0.842. The molecular formula is C13H19NO4S2. The van der Waals surface area contributed by atoms with E-state index in [1.165, 1.54) is 16.8 Å². The van der Waals surface area contributed by atoms with Crippen LogP contribution in [0.15, 0.2) is 10.3 Å². The summed E-state index contributed by atoms with van der Waals surface area (Å²) in [5.41, 5.74) is 0.501. The minimum Gasteiger partial charge on any atom is -0.477 e. The maximum absolute atomic E-state index is 12.6. The lowest BCUT2D eigenvalue weighted by molar-refractivity contribution is 0.0701. The number of carboxylic acid groups (broad SMARTS) is 1. The van der Waals surface area contributed by atoms with Crippen molar-refractivity contribution < 1.29 is 18.3 Å². The number of carboxylic acids is 1. The fourth-order valence-electron chi connectivity index (χ4n) is 2.28. The van der Waals surface area contributed by atoms with Crippen LogP contribution in [0.1, 0.15) is 41.4 Å². The Balaban J connectivity index is 2.27. The summed E-state index contributed by atoms with van der Waals surface area (Å²) in [5, 5.41) is 9.04. The smallest absolute Gasteiger partial charge is 0.346 e. The highest BCUT2D eigenvalue weighted by atomic mass is 32.2. The molecule has 1 N–H and O–H groups in total. The van der Waals surface area contributed by atoms with Gasteiger partial charge in [-0.05, 0) is 37.3 Å². The molecule has 7 heteroatoms. The zero-order chi connectivity index (χ0) is 14.9. The van der Waals surface area contributed by atoms with Crippen LogP contribution >= 0.6 is 11.3 Å². The van der Waals surface area contributed by atoms with Crippen LogP contribution in [-0.4, -0.2) is 36.9 Å². The van der Waals surface area contributed by atoms with Gasteiger partial charge in [-0.15, -0.1) is 11.3 Å². The number of nitrogens with zero attached hydrogens (tertiary/aromatic N) is 1. The molecule has 1 aliphatic carbocycles. The molecule has 5 nitrogen and oxygen atoms in total. The second-order valence-electron chi connectivity index (χ2n) is 5.14. The van der Waals surface area contributed by atoms with Gasteiger partial charge in [-0.25, -0.2) is 13.2 Å². The fraction of sp³-hybridized carbons (Fsp3) is 0.615. The van der Waals surface area contributed by atoms with Gasteiger partial charge in [-0.1, -0.05) is 13.3 Å². The van der Waals surface area contributed by atoms with Crippen molar-refractivity contribution >= 4 is 27.3 Å². The van der Waals surface area contributed by atoms with Crippen molar-refractivity contribution in [3.05, 3.63) is 16.5 Å². The van der Waals surface area contributed by atoms with E-state index in [-0.39, 0.29) is 9.09 Å². The molecule has 1 fully saturated rings. The quantitative estimate of drug-likeness (QED) is 0.875. The predicted octanol–water partition coefficient (Wildman–Crippen LogP) is 2.57. The Bertz CT molecular complexity index is 602. The first-order chi connectivity index (χ1) is 9.36. The Morgan fingerprint density at radius 1 is 1.50 bits per heavy atom. The Labute approximate surface area is 123 Å². The predicted molar refractivity (Wildman–Crippen MR) is 77.8 cm³/mol. The van der Waals surface area contributed by atoms with Gasteiger partial charge in [0.05, 0.1) is 0 Å². The number of sulfonamides is 1. The molecule has 0 saturated heterocycles.